The van der Waals surface area contributed by atoms with Crippen LogP contribution in [0.25, 0.3) is 0 Å². The van der Waals surface area contributed by atoms with E-state index < -0.39 is 0 Å². The zero-order valence-corrected chi connectivity index (χ0v) is 12.3. The van der Waals surface area contributed by atoms with Gasteiger partial charge in [0.1, 0.15) is 0 Å². The van der Waals surface area contributed by atoms with E-state index in [0.29, 0.717) is 17.3 Å². The van der Waals surface area contributed by atoms with Crippen molar-refractivity contribution in [2.45, 2.75) is 37.7 Å². The van der Waals surface area contributed by atoms with Crippen LogP contribution in [-0.4, -0.2) is 14.8 Å². The van der Waals surface area contributed by atoms with Gasteiger partial charge in [0.25, 0.3) is 0 Å². The number of nitrogens with one attached hydrogen (secondary N) is 1. The van der Waals surface area contributed by atoms with Crippen molar-refractivity contribution in [3.63, 3.8) is 0 Å². The Morgan fingerprint density at radius 2 is 2.30 bits per heavy atom. The van der Waals surface area contributed by atoms with E-state index in [1.54, 1.807) is 4.57 Å². The Bertz CT molecular complexity index is 696. The molecule has 6 heteroatoms. The molecule has 5 nitrogen and oxygen atoms in total. The first-order chi connectivity index (χ1) is 9.65. The number of H-pyrrole nitrogens is 1. The summed E-state index contributed by atoms with van der Waals surface area (Å²) in [4.78, 5) is 11.6. The Labute approximate surface area is 121 Å². The number of hydrogen-bond acceptors (Lipinski definition) is 4. The van der Waals surface area contributed by atoms with Gasteiger partial charge in [-0.2, -0.15) is 5.26 Å². The summed E-state index contributed by atoms with van der Waals surface area (Å²) in [5, 5.41) is 16.1. The van der Waals surface area contributed by atoms with Crippen LogP contribution in [0.4, 0.5) is 0 Å². The molecule has 104 valence electrons. The summed E-state index contributed by atoms with van der Waals surface area (Å²) >= 11 is 1.53. The van der Waals surface area contributed by atoms with Gasteiger partial charge < -0.3 is 0 Å². The first-order valence-electron chi connectivity index (χ1n) is 6.43. The molecule has 0 bridgehead atoms. The monoisotopic (exact) mass is 288 g/mol. The molecule has 0 atom stereocenters. The van der Waals surface area contributed by atoms with Crippen molar-refractivity contribution in [1.82, 2.24) is 14.8 Å². The lowest BCUT2D eigenvalue weighted by atomic mass is 10.1. The van der Waals surface area contributed by atoms with Gasteiger partial charge in [-0.05, 0) is 36.6 Å². The van der Waals surface area contributed by atoms with Crippen molar-refractivity contribution in [3.8, 4) is 6.07 Å². The molecule has 0 aliphatic rings. The van der Waals surface area contributed by atoms with Crippen molar-refractivity contribution in [2.75, 3.05) is 0 Å². The van der Waals surface area contributed by atoms with Crippen LogP contribution in [-0.2, 0) is 12.3 Å². The Hall–Kier alpha value is -2.00. The maximum atomic E-state index is 11.6. The van der Waals surface area contributed by atoms with E-state index in [-0.39, 0.29) is 5.69 Å². The van der Waals surface area contributed by atoms with Crippen LogP contribution in [0, 0.1) is 18.3 Å². The summed E-state index contributed by atoms with van der Waals surface area (Å²) in [5.74, 6) is 0.728. The molecule has 0 amide bonds. The summed E-state index contributed by atoms with van der Waals surface area (Å²) in [6, 6.07) is 7.77. The summed E-state index contributed by atoms with van der Waals surface area (Å²) in [5.41, 5.74) is 2.73. The van der Waals surface area contributed by atoms with Gasteiger partial charge in [-0.1, -0.05) is 24.8 Å². The molecule has 20 heavy (non-hydrogen) atoms. The molecule has 0 unspecified atom stereocenters. The molecule has 0 spiro atoms. The second-order valence-corrected chi connectivity index (χ2v) is 5.45. The van der Waals surface area contributed by atoms with Crippen LogP contribution in [0.15, 0.2) is 28.2 Å². The third kappa shape index (κ3) is 3.11. The lowest BCUT2D eigenvalue weighted by Crippen LogP contribution is -2.17. The van der Waals surface area contributed by atoms with E-state index in [1.807, 2.05) is 32.0 Å². The quantitative estimate of drug-likeness (QED) is 0.858. The molecule has 1 aromatic carbocycles. The van der Waals surface area contributed by atoms with Crippen LogP contribution >= 0.6 is 11.8 Å². The molecule has 2 rings (SSSR count). The predicted octanol–water partition coefficient (Wildman–Crippen LogP) is 2.45. The van der Waals surface area contributed by atoms with Crippen LogP contribution < -0.4 is 5.69 Å². The van der Waals surface area contributed by atoms with Crippen LogP contribution in [0.5, 0.6) is 0 Å². The number of rotatable bonds is 5. The summed E-state index contributed by atoms with van der Waals surface area (Å²) < 4.78 is 1.66. The number of thioether (sulfide) groups is 1. The Morgan fingerprint density at radius 1 is 1.50 bits per heavy atom. The van der Waals surface area contributed by atoms with Crippen molar-refractivity contribution < 1.29 is 0 Å². The van der Waals surface area contributed by atoms with Crippen molar-refractivity contribution in [1.29, 1.82) is 5.26 Å². The van der Waals surface area contributed by atoms with E-state index in [4.69, 9.17) is 5.26 Å². The highest BCUT2D eigenvalue weighted by molar-refractivity contribution is 7.98. The fourth-order valence-electron chi connectivity index (χ4n) is 1.90. The minimum absolute atomic E-state index is 0.161. The summed E-state index contributed by atoms with van der Waals surface area (Å²) in [6.45, 7) is 4.68. The van der Waals surface area contributed by atoms with E-state index in [1.165, 1.54) is 11.8 Å². The molecule has 0 saturated heterocycles. The average molecular weight is 288 g/mol. The van der Waals surface area contributed by atoms with E-state index in [2.05, 4.69) is 16.3 Å². The van der Waals surface area contributed by atoms with Gasteiger partial charge in [0, 0.05) is 12.3 Å². The topological polar surface area (TPSA) is 74.5 Å². The Balaban J connectivity index is 2.13. The normalized spacial score (nSPS) is 10.4. The lowest BCUT2D eigenvalue weighted by molar-refractivity contribution is 0.604. The first kappa shape index (κ1) is 14.4. The van der Waals surface area contributed by atoms with Crippen molar-refractivity contribution >= 4 is 11.8 Å². The Morgan fingerprint density at radius 3 is 2.95 bits per heavy atom. The molecule has 0 aliphatic carbocycles. The fraction of sp³-hybridized carbons (Fsp3) is 0.357. The third-order valence-electron chi connectivity index (χ3n) is 3.00. The minimum atomic E-state index is -0.161. The zero-order valence-electron chi connectivity index (χ0n) is 11.5. The maximum absolute atomic E-state index is 11.6. The van der Waals surface area contributed by atoms with Crippen LogP contribution in [0.3, 0.4) is 0 Å². The SMILES string of the molecule is CCCn1c(SCc2ccc(C#N)cc2C)n[nH]c1=O. The molecule has 1 N–H and O–H groups in total. The van der Waals surface area contributed by atoms with Gasteiger partial charge in [0.05, 0.1) is 11.6 Å². The second kappa shape index (κ2) is 6.44. The van der Waals surface area contributed by atoms with Crippen LogP contribution in [0.2, 0.25) is 0 Å². The third-order valence-corrected chi connectivity index (χ3v) is 4.02. The number of aryl methyl sites for hydroxylation is 1. The largest absolute Gasteiger partial charge is 0.343 e. The number of hydrogen-bond donors (Lipinski definition) is 1. The molecule has 2 aromatic rings. The molecular formula is C14H16N4OS. The highest BCUT2D eigenvalue weighted by Crippen LogP contribution is 2.22. The lowest BCUT2D eigenvalue weighted by Gasteiger charge is -2.06. The second-order valence-electron chi connectivity index (χ2n) is 4.50. The average Bonchev–Trinajstić information content (AvgIpc) is 2.79. The molecule has 0 radical (unpaired) electrons. The fourth-order valence-corrected chi connectivity index (χ4v) is 2.95. The molecule has 0 fully saturated rings. The smallest absolute Gasteiger partial charge is 0.270 e. The van der Waals surface area contributed by atoms with Gasteiger partial charge >= 0.3 is 5.69 Å². The molecular weight excluding hydrogens is 272 g/mol. The number of aromatic nitrogens is 3. The summed E-state index contributed by atoms with van der Waals surface area (Å²) in [7, 11) is 0. The van der Waals surface area contributed by atoms with E-state index in [0.717, 1.165) is 23.3 Å². The predicted molar refractivity (Wildman–Crippen MR) is 78.6 cm³/mol. The number of nitrogens with zero attached hydrogens (tertiary/aromatic N) is 3. The molecule has 1 aromatic heterocycles. The first-order valence-corrected chi connectivity index (χ1v) is 7.42. The molecule has 0 saturated carbocycles. The van der Waals surface area contributed by atoms with Gasteiger partial charge in [0.2, 0.25) is 0 Å². The van der Waals surface area contributed by atoms with E-state index >= 15 is 0 Å². The van der Waals surface area contributed by atoms with Gasteiger partial charge in [-0.15, -0.1) is 5.10 Å². The standard InChI is InChI=1S/C14H16N4OS/c1-3-6-18-13(19)16-17-14(18)20-9-12-5-4-11(8-15)7-10(12)2/h4-5,7H,3,6,9H2,1-2H3,(H,16,19). The van der Waals surface area contributed by atoms with Gasteiger partial charge in [-0.3, -0.25) is 4.57 Å². The number of benzene rings is 1. The highest BCUT2D eigenvalue weighted by Gasteiger charge is 2.09. The maximum Gasteiger partial charge on any atom is 0.343 e. The molecule has 0 aliphatic heterocycles. The Kier molecular flexibility index (Phi) is 4.64. The van der Waals surface area contributed by atoms with Gasteiger partial charge in [-0.25, -0.2) is 9.89 Å². The highest BCUT2D eigenvalue weighted by atomic mass is 32.2. The summed E-state index contributed by atoms with van der Waals surface area (Å²) in [6.07, 6.45) is 0.892. The minimum Gasteiger partial charge on any atom is -0.270 e. The van der Waals surface area contributed by atoms with Crippen LogP contribution in [0.1, 0.15) is 30.0 Å². The number of nitriles is 1. The van der Waals surface area contributed by atoms with Crippen molar-refractivity contribution in [2.24, 2.45) is 0 Å². The number of aromatic amines is 1. The van der Waals surface area contributed by atoms with Crippen molar-refractivity contribution in [3.05, 3.63) is 45.4 Å². The zero-order chi connectivity index (χ0) is 14.5. The van der Waals surface area contributed by atoms with Gasteiger partial charge in [0.15, 0.2) is 5.16 Å². The van der Waals surface area contributed by atoms with E-state index in [9.17, 15) is 4.79 Å². The molecule has 1 heterocycles.